The highest BCUT2D eigenvalue weighted by atomic mass is 35.5. The van der Waals surface area contributed by atoms with E-state index in [1.807, 2.05) is 5.32 Å². The Morgan fingerprint density at radius 1 is 1.44 bits per heavy atom. The van der Waals surface area contributed by atoms with Crippen LogP contribution < -0.4 is 11.1 Å². The van der Waals surface area contributed by atoms with Crippen molar-refractivity contribution < 1.29 is 23.0 Å². The summed E-state index contributed by atoms with van der Waals surface area (Å²) in [5.74, 6) is -3.67. The van der Waals surface area contributed by atoms with E-state index in [9.17, 15) is 13.6 Å². The predicted molar refractivity (Wildman–Crippen MR) is 57.0 cm³/mol. The van der Waals surface area contributed by atoms with Gasteiger partial charge in [-0.15, -0.1) is 12.4 Å². The number of ether oxygens (including phenoxy) is 2. The van der Waals surface area contributed by atoms with Crippen LogP contribution in [0.5, 0.6) is 0 Å². The summed E-state index contributed by atoms with van der Waals surface area (Å²) in [4.78, 5) is 10.9. The van der Waals surface area contributed by atoms with Gasteiger partial charge in [-0.2, -0.15) is 0 Å². The number of carbonyl (C=O) groups is 1. The molecule has 0 aliphatic rings. The average Bonchev–Trinajstić information content (AvgIpc) is 2.22. The maximum absolute atomic E-state index is 12.6. The Morgan fingerprint density at radius 3 is 2.56 bits per heavy atom. The maximum Gasteiger partial charge on any atom is 0.277 e. The first kappa shape index (κ1) is 17.9. The van der Waals surface area contributed by atoms with Gasteiger partial charge in [0.25, 0.3) is 5.92 Å². The fraction of sp³-hybridized carbons (Fsp3) is 0.875. The number of hydrogen-bond donors (Lipinski definition) is 2. The van der Waals surface area contributed by atoms with Gasteiger partial charge in [0.05, 0.1) is 26.3 Å². The van der Waals surface area contributed by atoms with Crippen molar-refractivity contribution >= 4 is 18.3 Å². The van der Waals surface area contributed by atoms with Crippen molar-refractivity contribution in [2.45, 2.75) is 5.92 Å². The molecule has 0 unspecified atom stereocenters. The summed E-state index contributed by atoms with van der Waals surface area (Å²) in [5.41, 5.74) is 4.78. The molecule has 98 valence electrons. The van der Waals surface area contributed by atoms with Crippen LogP contribution in [0.2, 0.25) is 0 Å². The lowest BCUT2D eigenvalue weighted by Crippen LogP contribution is -2.42. The summed E-state index contributed by atoms with van der Waals surface area (Å²) in [6.45, 7) is -1.22. The minimum absolute atomic E-state index is 0. The van der Waals surface area contributed by atoms with E-state index in [1.54, 1.807) is 0 Å². The van der Waals surface area contributed by atoms with Crippen LogP contribution in [0.1, 0.15) is 0 Å². The summed E-state index contributed by atoms with van der Waals surface area (Å²) >= 11 is 0. The Balaban J connectivity index is 0. The molecular formula is C8H17ClF2N2O3. The number of nitrogens with two attached hydrogens (primary N) is 1. The summed E-state index contributed by atoms with van der Waals surface area (Å²) in [7, 11) is 1.49. The van der Waals surface area contributed by atoms with Gasteiger partial charge in [-0.1, -0.05) is 0 Å². The maximum atomic E-state index is 12.6. The molecule has 5 nitrogen and oxygen atoms in total. The number of amides is 1. The van der Waals surface area contributed by atoms with Gasteiger partial charge in [0, 0.05) is 7.11 Å². The summed E-state index contributed by atoms with van der Waals surface area (Å²) in [6.07, 6.45) is 0. The van der Waals surface area contributed by atoms with Gasteiger partial charge in [-0.05, 0) is 0 Å². The second kappa shape index (κ2) is 9.71. The van der Waals surface area contributed by atoms with Crippen molar-refractivity contribution in [2.24, 2.45) is 5.73 Å². The van der Waals surface area contributed by atoms with Crippen LogP contribution in [0.4, 0.5) is 8.78 Å². The molecule has 0 fully saturated rings. The van der Waals surface area contributed by atoms with E-state index in [4.69, 9.17) is 10.5 Å². The van der Waals surface area contributed by atoms with Gasteiger partial charge >= 0.3 is 0 Å². The highest BCUT2D eigenvalue weighted by molar-refractivity contribution is 5.85. The second-order valence-corrected chi connectivity index (χ2v) is 2.88. The molecule has 3 N–H and O–H groups in total. The SMILES string of the molecule is COCCOCC(=O)NCC(F)(F)CN.Cl. The van der Waals surface area contributed by atoms with Crippen molar-refractivity contribution in [1.82, 2.24) is 5.32 Å². The Hall–Kier alpha value is -0.500. The zero-order chi connectivity index (χ0) is 11.7. The van der Waals surface area contributed by atoms with Gasteiger partial charge in [0.15, 0.2) is 0 Å². The van der Waals surface area contributed by atoms with Crippen LogP contribution in [-0.4, -0.2) is 51.8 Å². The molecule has 0 heterocycles. The first-order chi connectivity index (χ1) is 7.02. The Morgan fingerprint density at radius 2 is 2.06 bits per heavy atom. The average molecular weight is 263 g/mol. The van der Waals surface area contributed by atoms with Gasteiger partial charge in [-0.3, -0.25) is 4.79 Å². The summed E-state index contributed by atoms with van der Waals surface area (Å²) < 4.78 is 34.6. The quantitative estimate of drug-likeness (QED) is 0.593. The minimum Gasteiger partial charge on any atom is -0.382 e. The first-order valence-corrected chi connectivity index (χ1v) is 4.43. The third kappa shape index (κ3) is 10.0. The largest absolute Gasteiger partial charge is 0.382 e. The van der Waals surface area contributed by atoms with Crippen molar-refractivity contribution in [3.8, 4) is 0 Å². The van der Waals surface area contributed by atoms with E-state index in [-0.39, 0.29) is 25.6 Å². The van der Waals surface area contributed by atoms with Crippen LogP contribution in [-0.2, 0) is 14.3 Å². The molecule has 0 saturated carbocycles. The Bertz CT molecular complexity index is 196. The van der Waals surface area contributed by atoms with Gasteiger partial charge in [0.1, 0.15) is 6.61 Å². The molecule has 0 aromatic heterocycles. The fourth-order valence-electron chi connectivity index (χ4n) is 0.658. The van der Waals surface area contributed by atoms with Crippen LogP contribution in [0.25, 0.3) is 0 Å². The van der Waals surface area contributed by atoms with Crippen LogP contribution >= 0.6 is 12.4 Å². The number of halogens is 3. The minimum atomic E-state index is -3.07. The number of hydrogen-bond acceptors (Lipinski definition) is 4. The lowest BCUT2D eigenvalue weighted by molar-refractivity contribution is -0.127. The molecule has 0 saturated heterocycles. The second-order valence-electron chi connectivity index (χ2n) is 2.88. The van der Waals surface area contributed by atoms with Gasteiger partial charge < -0.3 is 20.5 Å². The zero-order valence-electron chi connectivity index (χ0n) is 9.00. The smallest absolute Gasteiger partial charge is 0.277 e. The first-order valence-electron chi connectivity index (χ1n) is 4.43. The third-order valence-electron chi connectivity index (χ3n) is 1.51. The lowest BCUT2D eigenvalue weighted by Gasteiger charge is -2.14. The van der Waals surface area contributed by atoms with E-state index in [0.29, 0.717) is 6.61 Å². The van der Waals surface area contributed by atoms with Crippen molar-refractivity contribution in [2.75, 3.05) is 40.0 Å². The molecule has 0 aliphatic heterocycles. The van der Waals surface area contributed by atoms with E-state index >= 15 is 0 Å². The Kier molecular flexibility index (Phi) is 10.8. The third-order valence-corrected chi connectivity index (χ3v) is 1.51. The molecule has 0 rings (SSSR count). The standard InChI is InChI=1S/C8H16F2N2O3.ClH/c1-14-2-3-15-4-7(13)12-6-8(9,10)5-11;/h2-6,11H2,1H3,(H,12,13);1H. The van der Waals surface area contributed by atoms with Crippen LogP contribution in [0, 0.1) is 0 Å². The molecular weight excluding hydrogens is 246 g/mol. The topological polar surface area (TPSA) is 73.6 Å². The van der Waals surface area contributed by atoms with Crippen molar-refractivity contribution in [1.29, 1.82) is 0 Å². The lowest BCUT2D eigenvalue weighted by atomic mass is 10.3. The molecule has 0 aromatic rings. The van der Waals surface area contributed by atoms with E-state index in [2.05, 4.69) is 4.74 Å². The molecule has 1 amide bonds. The molecule has 0 spiro atoms. The highest BCUT2D eigenvalue weighted by Crippen LogP contribution is 2.08. The summed E-state index contributed by atoms with van der Waals surface area (Å²) in [5, 5.41) is 2.02. The highest BCUT2D eigenvalue weighted by Gasteiger charge is 2.26. The fourth-order valence-corrected chi connectivity index (χ4v) is 0.658. The molecule has 0 atom stereocenters. The van der Waals surface area contributed by atoms with E-state index < -0.39 is 24.9 Å². The molecule has 8 heteroatoms. The number of alkyl halides is 2. The summed E-state index contributed by atoms with van der Waals surface area (Å²) in [6, 6.07) is 0. The number of nitrogens with one attached hydrogen (secondary N) is 1. The number of methoxy groups -OCH3 is 1. The molecule has 0 radical (unpaired) electrons. The monoisotopic (exact) mass is 262 g/mol. The normalized spacial score (nSPS) is 10.8. The Labute approximate surface area is 99.1 Å². The predicted octanol–water partition coefficient (Wildman–Crippen LogP) is -0.219. The zero-order valence-corrected chi connectivity index (χ0v) is 9.82. The van der Waals surface area contributed by atoms with Crippen LogP contribution in [0.15, 0.2) is 0 Å². The van der Waals surface area contributed by atoms with Crippen molar-refractivity contribution in [3.63, 3.8) is 0 Å². The van der Waals surface area contributed by atoms with Crippen molar-refractivity contribution in [3.05, 3.63) is 0 Å². The molecule has 0 aliphatic carbocycles. The molecule has 0 bridgehead atoms. The van der Waals surface area contributed by atoms with E-state index in [1.165, 1.54) is 7.11 Å². The number of rotatable bonds is 8. The van der Waals surface area contributed by atoms with Gasteiger partial charge in [-0.25, -0.2) is 8.78 Å². The van der Waals surface area contributed by atoms with Gasteiger partial charge in [0.2, 0.25) is 5.91 Å². The number of carbonyl (C=O) groups excluding carboxylic acids is 1. The molecule has 0 aromatic carbocycles. The molecule has 16 heavy (non-hydrogen) atoms. The van der Waals surface area contributed by atoms with E-state index in [0.717, 1.165) is 0 Å². The van der Waals surface area contributed by atoms with Crippen LogP contribution in [0.3, 0.4) is 0 Å².